The van der Waals surface area contributed by atoms with Gasteiger partial charge >= 0.3 is 0 Å². The minimum Gasteiger partial charge on any atom is -0.378 e. The van der Waals surface area contributed by atoms with E-state index >= 15 is 0 Å². The average molecular weight is 383 g/mol. The van der Waals surface area contributed by atoms with Gasteiger partial charge in [0.15, 0.2) is 0 Å². The van der Waals surface area contributed by atoms with Crippen LogP contribution in [0.15, 0.2) is 54.9 Å². The third-order valence-corrected chi connectivity index (χ3v) is 9.06. The average Bonchev–Trinajstić information content (AvgIpc) is 3.23. The second kappa shape index (κ2) is 5.97. The first-order valence-corrected chi connectivity index (χ1v) is 11.7. The number of hydrogen-bond acceptors (Lipinski definition) is 2. The number of anilines is 1. The fraction of sp³-hybridized carbons (Fsp3) is 0.519. The lowest BCUT2D eigenvalue weighted by Crippen LogP contribution is -2.48. The van der Waals surface area contributed by atoms with Crippen LogP contribution in [0.3, 0.4) is 0 Å². The van der Waals surface area contributed by atoms with Crippen molar-refractivity contribution in [1.29, 1.82) is 0 Å². The number of rotatable bonds is 2. The van der Waals surface area contributed by atoms with E-state index in [1.807, 2.05) is 12.4 Å². The molecular formula is C27H30N2. The SMILES string of the molecule is C1=C[C@@H]2c3cc(C45CC6CC(CC(C6)C4)C5)ccc3N[C@H](c3cccnc3)[C@H]2C1. The van der Waals surface area contributed by atoms with Crippen LogP contribution in [0.5, 0.6) is 0 Å². The molecule has 0 spiro atoms. The molecule has 1 aromatic heterocycles. The lowest BCUT2D eigenvalue weighted by atomic mass is 9.48. The van der Waals surface area contributed by atoms with Crippen LogP contribution in [0.2, 0.25) is 0 Å². The van der Waals surface area contributed by atoms with Crippen molar-refractivity contribution in [2.75, 3.05) is 5.32 Å². The normalized spacial score (nSPS) is 41.1. The molecule has 1 N–H and O–H groups in total. The van der Waals surface area contributed by atoms with Gasteiger partial charge in [-0.25, -0.2) is 0 Å². The van der Waals surface area contributed by atoms with E-state index in [9.17, 15) is 0 Å². The molecule has 1 aliphatic heterocycles. The summed E-state index contributed by atoms with van der Waals surface area (Å²) in [6.45, 7) is 0. The van der Waals surface area contributed by atoms with E-state index in [2.05, 4.69) is 52.8 Å². The van der Waals surface area contributed by atoms with Gasteiger partial charge in [-0.2, -0.15) is 0 Å². The number of pyridine rings is 1. The molecule has 8 rings (SSSR count). The third-order valence-electron chi connectivity index (χ3n) is 9.06. The van der Waals surface area contributed by atoms with Gasteiger partial charge in [0.05, 0.1) is 6.04 Å². The molecule has 2 heteroatoms. The Morgan fingerprint density at radius 2 is 1.76 bits per heavy atom. The smallest absolute Gasteiger partial charge is 0.0569 e. The molecule has 29 heavy (non-hydrogen) atoms. The molecule has 2 nitrogen and oxygen atoms in total. The van der Waals surface area contributed by atoms with Crippen molar-refractivity contribution in [3.8, 4) is 0 Å². The van der Waals surface area contributed by atoms with Gasteiger partial charge in [-0.15, -0.1) is 0 Å². The number of fused-ring (bicyclic) bond motifs is 3. The van der Waals surface area contributed by atoms with Crippen LogP contribution in [0.25, 0.3) is 0 Å². The Hall–Kier alpha value is -2.09. The fourth-order valence-corrected chi connectivity index (χ4v) is 8.28. The second-order valence-electron chi connectivity index (χ2n) is 10.8. The maximum absolute atomic E-state index is 4.39. The fourth-order valence-electron chi connectivity index (χ4n) is 8.28. The van der Waals surface area contributed by atoms with Crippen LogP contribution >= 0.6 is 0 Å². The summed E-state index contributed by atoms with van der Waals surface area (Å²) in [5, 5.41) is 3.91. The molecule has 148 valence electrons. The quantitative estimate of drug-likeness (QED) is 0.610. The molecule has 0 radical (unpaired) electrons. The van der Waals surface area contributed by atoms with E-state index in [1.165, 1.54) is 49.8 Å². The Kier molecular flexibility index (Phi) is 3.43. The Labute approximate surface area is 173 Å². The highest BCUT2D eigenvalue weighted by Gasteiger charge is 2.52. The molecule has 5 aliphatic carbocycles. The van der Waals surface area contributed by atoms with Crippen molar-refractivity contribution in [2.24, 2.45) is 23.7 Å². The lowest BCUT2D eigenvalue weighted by molar-refractivity contribution is -0.00523. The van der Waals surface area contributed by atoms with Gasteiger partial charge in [0.25, 0.3) is 0 Å². The summed E-state index contributed by atoms with van der Waals surface area (Å²) < 4.78 is 0. The van der Waals surface area contributed by atoms with Gasteiger partial charge in [0.2, 0.25) is 0 Å². The van der Waals surface area contributed by atoms with E-state index in [-0.39, 0.29) is 0 Å². The first kappa shape index (κ1) is 16.7. The van der Waals surface area contributed by atoms with Crippen LogP contribution in [0.4, 0.5) is 5.69 Å². The third kappa shape index (κ3) is 2.44. The minimum atomic E-state index is 0.363. The maximum atomic E-state index is 4.39. The molecule has 1 aromatic carbocycles. The zero-order chi connectivity index (χ0) is 19.0. The Bertz CT molecular complexity index is 940. The summed E-state index contributed by atoms with van der Waals surface area (Å²) in [5.41, 5.74) is 6.37. The second-order valence-corrected chi connectivity index (χ2v) is 10.8. The lowest BCUT2D eigenvalue weighted by Gasteiger charge is -2.57. The summed E-state index contributed by atoms with van der Waals surface area (Å²) in [6.07, 6.45) is 18.9. The van der Waals surface area contributed by atoms with E-state index in [1.54, 1.807) is 11.1 Å². The van der Waals surface area contributed by atoms with Crippen LogP contribution in [0.1, 0.15) is 73.6 Å². The zero-order valence-corrected chi connectivity index (χ0v) is 17.1. The largest absolute Gasteiger partial charge is 0.378 e. The molecule has 6 aliphatic rings. The van der Waals surface area contributed by atoms with Crippen molar-refractivity contribution in [1.82, 2.24) is 4.98 Å². The molecule has 2 heterocycles. The summed E-state index contributed by atoms with van der Waals surface area (Å²) in [5.74, 6) is 4.17. The summed E-state index contributed by atoms with van der Waals surface area (Å²) in [4.78, 5) is 4.39. The van der Waals surface area contributed by atoms with Crippen LogP contribution in [0, 0.1) is 23.7 Å². The molecule has 4 fully saturated rings. The van der Waals surface area contributed by atoms with Crippen molar-refractivity contribution in [3.05, 3.63) is 71.6 Å². The highest BCUT2D eigenvalue weighted by molar-refractivity contribution is 5.61. The van der Waals surface area contributed by atoms with E-state index in [0.717, 1.165) is 24.2 Å². The van der Waals surface area contributed by atoms with Gasteiger partial charge in [-0.1, -0.05) is 30.4 Å². The Morgan fingerprint density at radius 3 is 2.48 bits per heavy atom. The number of allylic oxidation sites excluding steroid dienone is 2. The van der Waals surface area contributed by atoms with Gasteiger partial charge < -0.3 is 5.32 Å². The van der Waals surface area contributed by atoms with Crippen LogP contribution < -0.4 is 5.32 Å². The van der Waals surface area contributed by atoms with Gasteiger partial charge in [-0.05, 0) is 103 Å². The molecule has 4 saturated carbocycles. The number of hydrogen-bond donors (Lipinski definition) is 1. The molecular weight excluding hydrogens is 352 g/mol. The standard InChI is InChI=1S/C27H30N2/c1-4-22-23(5-1)26(20-3-2-8-28-16-20)29-25-7-6-21(12-24(22)25)27-13-17-9-18(14-27)11-19(10-17)15-27/h1-4,6-8,12,16-19,22-23,26,29H,5,9-11,13-15H2/t17?,18?,19?,22-,23-,26+,27?/m0/s1. The van der Waals surface area contributed by atoms with Gasteiger partial charge in [0, 0.05) is 24.0 Å². The molecule has 0 saturated heterocycles. The van der Waals surface area contributed by atoms with Crippen molar-refractivity contribution < 1.29 is 0 Å². The number of nitrogens with zero attached hydrogens (tertiary/aromatic N) is 1. The van der Waals surface area contributed by atoms with E-state index in [4.69, 9.17) is 0 Å². The first-order chi connectivity index (χ1) is 14.3. The Balaban J connectivity index is 1.29. The Morgan fingerprint density at radius 1 is 0.966 bits per heavy atom. The number of benzene rings is 1. The molecule has 2 aromatic rings. The highest BCUT2D eigenvalue weighted by Crippen LogP contribution is 2.61. The van der Waals surface area contributed by atoms with Gasteiger partial charge in [0.1, 0.15) is 0 Å². The monoisotopic (exact) mass is 382 g/mol. The molecule has 0 unspecified atom stereocenters. The summed E-state index contributed by atoms with van der Waals surface area (Å²) in [6, 6.07) is 12.2. The predicted octanol–water partition coefficient (Wildman–Crippen LogP) is 6.38. The highest BCUT2D eigenvalue weighted by atomic mass is 15.0. The first-order valence-electron chi connectivity index (χ1n) is 11.7. The summed E-state index contributed by atoms with van der Waals surface area (Å²) in [7, 11) is 0. The maximum Gasteiger partial charge on any atom is 0.0569 e. The van der Waals surface area contributed by atoms with Crippen molar-refractivity contribution in [2.45, 2.75) is 62.3 Å². The topological polar surface area (TPSA) is 24.9 Å². The minimum absolute atomic E-state index is 0.363. The molecule has 3 atom stereocenters. The molecule has 4 bridgehead atoms. The van der Waals surface area contributed by atoms with Crippen LogP contribution in [-0.2, 0) is 5.41 Å². The number of aromatic nitrogens is 1. The molecule has 0 amide bonds. The van der Waals surface area contributed by atoms with Crippen LogP contribution in [-0.4, -0.2) is 4.98 Å². The zero-order valence-electron chi connectivity index (χ0n) is 17.1. The van der Waals surface area contributed by atoms with Gasteiger partial charge in [-0.3, -0.25) is 4.98 Å². The number of nitrogens with one attached hydrogen (secondary N) is 1. The van der Waals surface area contributed by atoms with Crippen molar-refractivity contribution >= 4 is 5.69 Å². The van der Waals surface area contributed by atoms with E-state index in [0.29, 0.717) is 23.3 Å². The predicted molar refractivity (Wildman–Crippen MR) is 117 cm³/mol. The van der Waals surface area contributed by atoms with E-state index < -0.39 is 0 Å². The summed E-state index contributed by atoms with van der Waals surface area (Å²) >= 11 is 0. The van der Waals surface area contributed by atoms with Crippen molar-refractivity contribution in [3.63, 3.8) is 0 Å².